The normalized spacial score (nSPS) is 18.8. The number of benzene rings is 1. The number of carbonyl (C=O) groups is 1. The second kappa shape index (κ2) is 2.34. The van der Waals surface area contributed by atoms with E-state index in [9.17, 15) is 4.79 Å². The monoisotopic (exact) mass is 175 g/mol. The molecular weight excluding hydrogens is 162 g/mol. The number of nitrogen functional groups attached to an aromatic ring is 1. The third-order valence-corrected chi connectivity index (χ3v) is 2.68. The minimum Gasteiger partial charge on any atom is -0.399 e. The summed E-state index contributed by atoms with van der Waals surface area (Å²) >= 11 is 0. The summed E-state index contributed by atoms with van der Waals surface area (Å²) in [7, 11) is 0. The van der Waals surface area contributed by atoms with Crippen molar-refractivity contribution in [3.63, 3.8) is 0 Å². The van der Waals surface area contributed by atoms with Crippen LogP contribution in [0.25, 0.3) is 0 Å². The molecule has 2 N–H and O–H groups in total. The van der Waals surface area contributed by atoms with Gasteiger partial charge in [0.1, 0.15) is 0 Å². The van der Waals surface area contributed by atoms with E-state index in [-0.39, 0.29) is 11.2 Å². The fourth-order valence-electron chi connectivity index (χ4n) is 1.97. The third kappa shape index (κ3) is 1.13. The fourth-order valence-corrected chi connectivity index (χ4v) is 1.97. The number of hydrogen-bond acceptors (Lipinski definition) is 2. The van der Waals surface area contributed by atoms with E-state index in [4.69, 9.17) is 5.73 Å². The summed E-state index contributed by atoms with van der Waals surface area (Å²) in [4.78, 5) is 11.6. The topological polar surface area (TPSA) is 43.1 Å². The van der Waals surface area contributed by atoms with Gasteiger partial charge < -0.3 is 5.73 Å². The molecule has 1 aliphatic rings. The van der Waals surface area contributed by atoms with E-state index in [1.54, 1.807) is 6.07 Å². The van der Waals surface area contributed by atoms with Gasteiger partial charge in [-0.2, -0.15) is 0 Å². The van der Waals surface area contributed by atoms with Crippen LogP contribution in [-0.4, -0.2) is 5.78 Å². The molecular formula is C11H13NO. The van der Waals surface area contributed by atoms with Crippen molar-refractivity contribution >= 4 is 11.5 Å². The Morgan fingerprint density at radius 1 is 1.38 bits per heavy atom. The lowest BCUT2D eigenvalue weighted by molar-refractivity contribution is 0.0979. The highest BCUT2D eigenvalue weighted by Crippen LogP contribution is 2.38. The summed E-state index contributed by atoms with van der Waals surface area (Å²) in [5.41, 5.74) is 8.23. The number of carbonyl (C=O) groups excluding carboxylic acids is 1. The van der Waals surface area contributed by atoms with Gasteiger partial charge in [0.15, 0.2) is 5.78 Å². The first kappa shape index (κ1) is 8.30. The standard InChI is InChI=1S/C11H13NO/c1-11(2)6-10(13)8-5-7(12)3-4-9(8)11/h3-5H,6,12H2,1-2H3. The van der Waals surface area contributed by atoms with E-state index < -0.39 is 0 Å². The summed E-state index contributed by atoms with van der Waals surface area (Å²) < 4.78 is 0. The zero-order chi connectivity index (χ0) is 9.64. The summed E-state index contributed by atoms with van der Waals surface area (Å²) in [6, 6.07) is 5.61. The first-order chi connectivity index (χ1) is 6.00. The Morgan fingerprint density at radius 2 is 2.08 bits per heavy atom. The quantitative estimate of drug-likeness (QED) is 0.614. The molecule has 2 heteroatoms. The van der Waals surface area contributed by atoms with Gasteiger partial charge in [0.25, 0.3) is 0 Å². The van der Waals surface area contributed by atoms with Crippen molar-refractivity contribution < 1.29 is 4.79 Å². The zero-order valence-electron chi connectivity index (χ0n) is 7.92. The predicted octanol–water partition coefficient (Wildman–Crippen LogP) is 2.13. The second-order valence-corrected chi connectivity index (χ2v) is 4.29. The van der Waals surface area contributed by atoms with Crippen LogP contribution in [-0.2, 0) is 5.41 Å². The number of nitrogens with two attached hydrogens (primary N) is 1. The molecule has 0 atom stereocenters. The minimum atomic E-state index is -0.0138. The van der Waals surface area contributed by atoms with Gasteiger partial charge in [0.2, 0.25) is 0 Å². The molecule has 0 saturated heterocycles. The zero-order valence-corrected chi connectivity index (χ0v) is 7.92. The van der Waals surface area contributed by atoms with Crippen LogP contribution in [0.1, 0.15) is 36.2 Å². The average Bonchev–Trinajstić information content (AvgIpc) is 2.22. The molecule has 0 radical (unpaired) electrons. The molecule has 0 amide bonds. The van der Waals surface area contributed by atoms with Crippen LogP contribution < -0.4 is 5.73 Å². The Bertz CT molecular complexity index is 380. The molecule has 0 spiro atoms. The maximum atomic E-state index is 11.6. The largest absolute Gasteiger partial charge is 0.399 e. The maximum Gasteiger partial charge on any atom is 0.164 e. The third-order valence-electron chi connectivity index (χ3n) is 2.68. The van der Waals surface area contributed by atoms with Crippen LogP contribution >= 0.6 is 0 Å². The summed E-state index contributed by atoms with van der Waals surface area (Å²) in [6.45, 7) is 4.18. The summed E-state index contributed by atoms with van der Waals surface area (Å²) in [5, 5.41) is 0. The Kier molecular flexibility index (Phi) is 1.50. The molecule has 0 aromatic heterocycles. The van der Waals surface area contributed by atoms with Gasteiger partial charge in [-0.05, 0) is 23.1 Å². The average molecular weight is 175 g/mol. The van der Waals surface area contributed by atoms with Gasteiger partial charge >= 0.3 is 0 Å². The number of rotatable bonds is 0. The van der Waals surface area contributed by atoms with Crippen molar-refractivity contribution in [2.24, 2.45) is 0 Å². The molecule has 13 heavy (non-hydrogen) atoms. The van der Waals surface area contributed by atoms with Crippen molar-refractivity contribution in [1.82, 2.24) is 0 Å². The lowest BCUT2D eigenvalue weighted by Crippen LogP contribution is -2.12. The predicted molar refractivity (Wildman–Crippen MR) is 52.8 cm³/mol. The molecule has 0 aliphatic heterocycles. The first-order valence-electron chi connectivity index (χ1n) is 4.44. The van der Waals surface area contributed by atoms with E-state index in [1.807, 2.05) is 12.1 Å². The lowest BCUT2D eigenvalue weighted by atomic mass is 9.86. The van der Waals surface area contributed by atoms with Gasteiger partial charge in [-0.3, -0.25) is 4.79 Å². The fraction of sp³-hybridized carbons (Fsp3) is 0.364. The van der Waals surface area contributed by atoms with Crippen LogP contribution in [0.4, 0.5) is 5.69 Å². The molecule has 0 saturated carbocycles. The molecule has 1 aromatic rings. The van der Waals surface area contributed by atoms with Crippen LogP contribution in [0.5, 0.6) is 0 Å². The highest BCUT2D eigenvalue weighted by Gasteiger charge is 2.35. The Balaban J connectivity index is 2.66. The molecule has 0 fully saturated rings. The summed E-state index contributed by atoms with van der Waals surface area (Å²) in [6.07, 6.45) is 0.603. The molecule has 2 nitrogen and oxygen atoms in total. The minimum absolute atomic E-state index is 0.0138. The van der Waals surface area contributed by atoms with Crippen molar-refractivity contribution in [1.29, 1.82) is 0 Å². The smallest absolute Gasteiger partial charge is 0.164 e. The number of fused-ring (bicyclic) bond motifs is 1. The number of anilines is 1. The molecule has 0 unspecified atom stereocenters. The SMILES string of the molecule is CC1(C)CC(=O)c2cc(N)ccc21. The molecule has 2 rings (SSSR count). The van der Waals surface area contributed by atoms with Crippen LogP contribution in [0.15, 0.2) is 18.2 Å². The number of Topliss-reactive ketones (excluding diaryl/α,β-unsaturated/α-hetero) is 1. The van der Waals surface area contributed by atoms with Gasteiger partial charge in [-0.25, -0.2) is 0 Å². The highest BCUT2D eigenvalue weighted by atomic mass is 16.1. The van der Waals surface area contributed by atoms with E-state index in [2.05, 4.69) is 13.8 Å². The highest BCUT2D eigenvalue weighted by molar-refractivity contribution is 6.02. The number of hydrogen-bond donors (Lipinski definition) is 1. The van der Waals surface area contributed by atoms with Gasteiger partial charge in [-0.1, -0.05) is 19.9 Å². The molecule has 0 heterocycles. The summed E-state index contributed by atoms with van der Waals surface area (Å²) in [5.74, 6) is 0.215. The Labute approximate surface area is 77.8 Å². The molecule has 1 aromatic carbocycles. The van der Waals surface area contributed by atoms with Crippen molar-refractivity contribution in [3.05, 3.63) is 29.3 Å². The molecule has 1 aliphatic carbocycles. The first-order valence-corrected chi connectivity index (χ1v) is 4.44. The van der Waals surface area contributed by atoms with E-state index in [0.29, 0.717) is 12.1 Å². The Morgan fingerprint density at radius 3 is 2.77 bits per heavy atom. The van der Waals surface area contributed by atoms with Crippen LogP contribution in [0.3, 0.4) is 0 Å². The van der Waals surface area contributed by atoms with Gasteiger partial charge in [-0.15, -0.1) is 0 Å². The van der Waals surface area contributed by atoms with Crippen LogP contribution in [0.2, 0.25) is 0 Å². The van der Waals surface area contributed by atoms with Crippen molar-refractivity contribution in [2.45, 2.75) is 25.7 Å². The number of ketones is 1. The molecule has 0 bridgehead atoms. The van der Waals surface area contributed by atoms with Gasteiger partial charge in [0, 0.05) is 17.7 Å². The van der Waals surface area contributed by atoms with E-state index >= 15 is 0 Å². The van der Waals surface area contributed by atoms with Crippen molar-refractivity contribution in [3.8, 4) is 0 Å². The Hall–Kier alpha value is -1.31. The van der Waals surface area contributed by atoms with Gasteiger partial charge in [0.05, 0.1) is 0 Å². The van der Waals surface area contributed by atoms with E-state index in [1.165, 1.54) is 0 Å². The van der Waals surface area contributed by atoms with E-state index in [0.717, 1.165) is 11.1 Å². The lowest BCUT2D eigenvalue weighted by Gasteiger charge is -2.17. The van der Waals surface area contributed by atoms with Crippen LogP contribution in [0, 0.1) is 0 Å². The van der Waals surface area contributed by atoms with Crippen molar-refractivity contribution in [2.75, 3.05) is 5.73 Å². The second-order valence-electron chi connectivity index (χ2n) is 4.29. The molecule has 68 valence electrons. The maximum absolute atomic E-state index is 11.6.